The topological polar surface area (TPSA) is 26.8 Å². The second-order valence-electron chi connectivity index (χ2n) is 8.58. The molecular weight excluding hydrogens is 274 g/mol. The molecule has 4 nitrogen and oxygen atoms in total. The fourth-order valence-electron chi connectivity index (χ4n) is 3.87. The summed E-state index contributed by atoms with van der Waals surface area (Å²) in [5.41, 5.74) is 0.0937. The Hall–Kier alpha value is -0.610. The van der Waals surface area contributed by atoms with Crippen LogP contribution < -0.4 is 0 Å². The molecular formula is C18H35N3O. The van der Waals surface area contributed by atoms with E-state index in [1.54, 1.807) is 0 Å². The smallest absolute Gasteiger partial charge is 0.227 e. The van der Waals surface area contributed by atoms with Crippen molar-refractivity contribution in [2.45, 2.75) is 47.6 Å². The number of carbonyl (C=O) groups is 1. The van der Waals surface area contributed by atoms with Crippen LogP contribution in [0.15, 0.2) is 0 Å². The average molecular weight is 309 g/mol. The first-order chi connectivity index (χ1) is 10.2. The van der Waals surface area contributed by atoms with E-state index in [-0.39, 0.29) is 11.3 Å². The van der Waals surface area contributed by atoms with Crippen LogP contribution in [0.25, 0.3) is 0 Å². The van der Waals surface area contributed by atoms with Crippen LogP contribution in [0.2, 0.25) is 0 Å². The van der Waals surface area contributed by atoms with Gasteiger partial charge in [0.25, 0.3) is 0 Å². The molecule has 0 bridgehead atoms. The Morgan fingerprint density at radius 3 is 2.14 bits per heavy atom. The molecule has 2 aliphatic heterocycles. The van der Waals surface area contributed by atoms with Gasteiger partial charge in [0.1, 0.15) is 0 Å². The number of amides is 1. The Labute approximate surface area is 136 Å². The maximum Gasteiger partial charge on any atom is 0.227 e. The maximum atomic E-state index is 13.0. The molecule has 0 aromatic rings. The van der Waals surface area contributed by atoms with Crippen molar-refractivity contribution in [3.8, 4) is 0 Å². The minimum absolute atomic E-state index is 0.0937. The minimum Gasteiger partial charge on any atom is -0.340 e. The molecule has 1 amide bonds. The predicted molar refractivity (Wildman–Crippen MR) is 91.8 cm³/mol. The molecule has 2 rings (SSSR count). The van der Waals surface area contributed by atoms with Crippen molar-refractivity contribution in [2.75, 3.05) is 45.8 Å². The summed E-state index contributed by atoms with van der Waals surface area (Å²) in [5, 5.41) is 0. The van der Waals surface area contributed by atoms with Crippen LogP contribution in [0, 0.1) is 17.3 Å². The Bertz CT molecular complexity index is 384. The van der Waals surface area contributed by atoms with Crippen LogP contribution in [0.4, 0.5) is 0 Å². The summed E-state index contributed by atoms with van der Waals surface area (Å²) in [6.45, 7) is 20.5. The van der Waals surface area contributed by atoms with E-state index in [9.17, 15) is 4.79 Å². The number of nitrogens with zero attached hydrogens (tertiary/aromatic N) is 3. The molecule has 0 aliphatic carbocycles. The maximum absolute atomic E-state index is 13.0. The Balaban J connectivity index is 1.92. The van der Waals surface area contributed by atoms with Gasteiger partial charge in [0, 0.05) is 51.9 Å². The van der Waals surface area contributed by atoms with Gasteiger partial charge in [-0.05, 0) is 25.2 Å². The minimum atomic E-state index is 0.0937. The monoisotopic (exact) mass is 309 g/mol. The van der Waals surface area contributed by atoms with Crippen molar-refractivity contribution >= 4 is 5.91 Å². The molecule has 1 atom stereocenters. The molecule has 0 radical (unpaired) electrons. The second-order valence-corrected chi connectivity index (χ2v) is 8.58. The summed E-state index contributed by atoms with van der Waals surface area (Å²) < 4.78 is 0. The van der Waals surface area contributed by atoms with Crippen molar-refractivity contribution in [1.29, 1.82) is 0 Å². The summed E-state index contributed by atoms with van der Waals surface area (Å²) in [6, 6.07) is 0.528. The third kappa shape index (κ3) is 4.02. The zero-order valence-electron chi connectivity index (χ0n) is 15.4. The summed E-state index contributed by atoms with van der Waals surface area (Å²) in [7, 11) is 0. The fraction of sp³-hybridized carbons (Fsp3) is 0.944. The SMILES string of the molecule is CC(C)CN1CCN(C(=O)[C@H]2CN(C(C)C)CC2(C)C)CC1. The number of carbonyl (C=O) groups excluding carboxylic acids is 1. The molecule has 0 saturated carbocycles. The third-order valence-electron chi connectivity index (χ3n) is 5.31. The lowest BCUT2D eigenvalue weighted by molar-refractivity contribution is -0.139. The van der Waals surface area contributed by atoms with Crippen LogP contribution in [0.3, 0.4) is 0 Å². The van der Waals surface area contributed by atoms with Crippen LogP contribution in [0.5, 0.6) is 0 Å². The first-order valence-corrected chi connectivity index (χ1v) is 8.96. The van der Waals surface area contributed by atoms with Crippen molar-refractivity contribution in [3.63, 3.8) is 0 Å². The molecule has 0 aromatic heterocycles. The van der Waals surface area contributed by atoms with Crippen molar-refractivity contribution in [1.82, 2.24) is 14.7 Å². The lowest BCUT2D eigenvalue weighted by Gasteiger charge is -2.38. The van der Waals surface area contributed by atoms with Gasteiger partial charge in [0.15, 0.2) is 0 Å². The normalized spacial score (nSPS) is 27.1. The highest BCUT2D eigenvalue weighted by molar-refractivity contribution is 5.80. The zero-order valence-corrected chi connectivity index (χ0v) is 15.4. The van der Waals surface area contributed by atoms with E-state index in [1.165, 1.54) is 0 Å². The number of rotatable bonds is 4. The molecule has 2 fully saturated rings. The van der Waals surface area contributed by atoms with Gasteiger partial charge in [-0.3, -0.25) is 14.6 Å². The molecule has 4 heteroatoms. The van der Waals surface area contributed by atoms with E-state index < -0.39 is 0 Å². The van der Waals surface area contributed by atoms with E-state index >= 15 is 0 Å². The van der Waals surface area contributed by atoms with E-state index in [0.717, 1.165) is 45.8 Å². The molecule has 0 aromatic carbocycles. The van der Waals surface area contributed by atoms with Crippen LogP contribution in [-0.2, 0) is 4.79 Å². The lowest BCUT2D eigenvalue weighted by atomic mass is 9.81. The highest BCUT2D eigenvalue weighted by atomic mass is 16.2. The summed E-state index contributed by atoms with van der Waals surface area (Å²) >= 11 is 0. The first kappa shape index (κ1) is 17.7. The molecule has 0 spiro atoms. The Kier molecular flexibility index (Phi) is 5.54. The van der Waals surface area contributed by atoms with Crippen LogP contribution in [-0.4, -0.2) is 72.5 Å². The second kappa shape index (κ2) is 6.88. The van der Waals surface area contributed by atoms with E-state index in [1.807, 2.05) is 0 Å². The van der Waals surface area contributed by atoms with E-state index in [0.29, 0.717) is 17.9 Å². The van der Waals surface area contributed by atoms with Crippen molar-refractivity contribution in [2.24, 2.45) is 17.3 Å². The van der Waals surface area contributed by atoms with Gasteiger partial charge in [0.05, 0.1) is 5.92 Å². The Morgan fingerprint density at radius 1 is 1.09 bits per heavy atom. The van der Waals surface area contributed by atoms with Gasteiger partial charge in [-0.15, -0.1) is 0 Å². The zero-order chi connectivity index (χ0) is 16.5. The van der Waals surface area contributed by atoms with Crippen LogP contribution >= 0.6 is 0 Å². The quantitative estimate of drug-likeness (QED) is 0.796. The predicted octanol–water partition coefficient (Wildman–Crippen LogP) is 2.15. The van der Waals surface area contributed by atoms with Crippen molar-refractivity contribution < 1.29 is 4.79 Å². The largest absolute Gasteiger partial charge is 0.340 e. The summed E-state index contributed by atoms with van der Waals surface area (Å²) in [4.78, 5) is 20.1. The fourth-order valence-corrected chi connectivity index (χ4v) is 3.87. The molecule has 2 heterocycles. The molecule has 22 heavy (non-hydrogen) atoms. The molecule has 128 valence electrons. The number of piperazine rings is 1. The van der Waals surface area contributed by atoms with E-state index in [2.05, 4.69) is 56.2 Å². The highest BCUT2D eigenvalue weighted by Gasteiger charge is 2.45. The number of likely N-dealkylation sites (tertiary alicyclic amines) is 1. The third-order valence-corrected chi connectivity index (χ3v) is 5.31. The number of hydrogen-bond donors (Lipinski definition) is 0. The molecule has 0 unspecified atom stereocenters. The molecule has 2 saturated heterocycles. The van der Waals surface area contributed by atoms with E-state index in [4.69, 9.17) is 0 Å². The average Bonchev–Trinajstić information content (AvgIpc) is 2.74. The molecule has 0 N–H and O–H groups in total. The van der Waals surface area contributed by atoms with Gasteiger partial charge < -0.3 is 4.90 Å². The number of hydrogen-bond acceptors (Lipinski definition) is 3. The van der Waals surface area contributed by atoms with Gasteiger partial charge in [-0.25, -0.2) is 0 Å². The van der Waals surface area contributed by atoms with Gasteiger partial charge >= 0.3 is 0 Å². The first-order valence-electron chi connectivity index (χ1n) is 8.96. The van der Waals surface area contributed by atoms with Gasteiger partial charge in [-0.1, -0.05) is 27.7 Å². The Morgan fingerprint density at radius 2 is 1.68 bits per heavy atom. The summed E-state index contributed by atoms with van der Waals surface area (Å²) in [6.07, 6.45) is 0. The lowest BCUT2D eigenvalue weighted by Crippen LogP contribution is -2.52. The summed E-state index contributed by atoms with van der Waals surface area (Å²) in [5.74, 6) is 1.25. The highest BCUT2D eigenvalue weighted by Crippen LogP contribution is 2.37. The molecule has 2 aliphatic rings. The van der Waals surface area contributed by atoms with Gasteiger partial charge in [-0.2, -0.15) is 0 Å². The van der Waals surface area contributed by atoms with Crippen LogP contribution in [0.1, 0.15) is 41.5 Å². The van der Waals surface area contributed by atoms with Gasteiger partial charge in [0.2, 0.25) is 5.91 Å². The van der Waals surface area contributed by atoms with Crippen molar-refractivity contribution in [3.05, 3.63) is 0 Å². The standard InChI is InChI=1S/C18H35N3O/c1-14(2)11-19-7-9-20(10-8-19)17(22)16-12-21(15(3)4)13-18(16,5)6/h14-16H,7-13H2,1-6H3/t16-/m1/s1.